The number of halogens is 1. The van der Waals surface area contributed by atoms with E-state index in [0.717, 1.165) is 17.7 Å². The molecule has 2 aromatic rings. The summed E-state index contributed by atoms with van der Waals surface area (Å²) >= 11 is 0. The van der Waals surface area contributed by atoms with E-state index in [0.29, 0.717) is 12.1 Å². The monoisotopic (exact) mass is 233 g/mol. The number of hydrogen-bond donors (Lipinski definition) is 2. The van der Waals surface area contributed by atoms with Crippen molar-refractivity contribution >= 4 is 0 Å². The Labute approximate surface area is 96.9 Å². The van der Waals surface area contributed by atoms with Gasteiger partial charge in [-0.15, -0.1) is 0 Å². The number of hydrogen-bond acceptors (Lipinski definition) is 2. The van der Waals surface area contributed by atoms with E-state index in [2.05, 4.69) is 5.10 Å². The topological polar surface area (TPSA) is 63.8 Å². The Morgan fingerprint density at radius 2 is 2.06 bits per heavy atom. The molecule has 0 amide bonds. The van der Waals surface area contributed by atoms with Crippen molar-refractivity contribution in [2.24, 2.45) is 5.73 Å². The van der Waals surface area contributed by atoms with E-state index >= 15 is 0 Å². The van der Waals surface area contributed by atoms with Crippen LogP contribution in [-0.4, -0.2) is 9.78 Å². The molecule has 1 atom stereocenters. The minimum atomic E-state index is -0.322. The van der Waals surface area contributed by atoms with E-state index in [1.54, 1.807) is 12.1 Å². The van der Waals surface area contributed by atoms with Crippen LogP contribution in [0.3, 0.4) is 0 Å². The van der Waals surface area contributed by atoms with Gasteiger partial charge in [0.05, 0.1) is 11.4 Å². The fourth-order valence-corrected chi connectivity index (χ4v) is 2.25. The molecular weight excluding hydrogens is 221 g/mol. The summed E-state index contributed by atoms with van der Waals surface area (Å²) < 4.78 is 14.2. The molecular formula is C12H12FN3O. The summed E-state index contributed by atoms with van der Waals surface area (Å²) in [6, 6.07) is 5.68. The molecule has 1 aromatic carbocycles. The quantitative estimate of drug-likeness (QED) is 0.778. The van der Waals surface area contributed by atoms with Crippen LogP contribution in [0.1, 0.15) is 23.7 Å². The third-order valence-electron chi connectivity index (χ3n) is 3.18. The maximum Gasteiger partial charge on any atom is 0.274 e. The summed E-state index contributed by atoms with van der Waals surface area (Å²) in [6.45, 7) is 0. The first-order chi connectivity index (χ1) is 8.16. The van der Waals surface area contributed by atoms with Gasteiger partial charge in [-0.05, 0) is 37.1 Å². The predicted octanol–water partition coefficient (Wildman–Crippen LogP) is 1.25. The van der Waals surface area contributed by atoms with Crippen molar-refractivity contribution in [1.82, 2.24) is 9.78 Å². The lowest BCUT2D eigenvalue weighted by Gasteiger charge is -2.04. The Balaban J connectivity index is 2.14. The average Bonchev–Trinajstić information content (AvgIpc) is 2.83. The second kappa shape index (κ2) is 3.56. The molecule has 88 valence electrons. The zero-order valence-corrected chi connectivity index (χ0v) is 9.11. The Morgan fingerprint density at radius 3 is 2.71 bits per heavy atom. The molecule has 0 saturated heterocycles. The molecule has 1 unspecified atom stereocenters. The van der Waals surface area contributed by atoms with Crippen LogP contribution in [0.15, 0.2) is 29.1 Å². The first-order valence-corrected chi connectivity index (χ1v) is 5.52. The van der Waals surface area contributed by atoms with E-state index in [1.807, 2.05) is 0 Å². The van der Waals surface area contributed by atoms with Crippen LogP contribution in [0.25, 0.3) is 5.69 Å². The van der Waals surface area contributed by atoms with Gasteiger partial charge in [0.1, 0.15) is 5.82 Å². The smallest absolute Gasteiger partial charge is 0.274 e. The molecule has 0 aliphatic heterocycles. The SMILES string of the molecule is NC1CCc2c1[nH]n(-c1ccc(F)cc1)c2=O. The minimum absolute atomic E-state index is 0.0837. The van der Waals surface area contributed by atoms with Gasteiger partial charge in [-0.3, -0.25) is 9.89 Å². The highest BCUT2D eigenvalue weighted by Crippen LogP contribution is 2.25. The van der Waals surface area contributed by atoms with Gasteiger partial charge in [-0.2, -0.15) is 0 Å². The summed E-state index contributed by atoms with van der Waals surface area (Å²) in [6.07, 6.45) is 1.51. The molecule has 1 aliphatic rings. The number of nitrogens with zero attached hydrogens (tertiary/aromatic N) is 1. The summed E-state index contributed by atoms with van der Waals surface area (Å²) in [5, 5.41) is 3.00. The lowest BCUT2D eigenvalue weighted by molar-refractivity contribution is 0.626. The maximum absolute atomic E-state index is 12.8. The van der Waals surface area contributed by atoms with Crippen LogP contribution in [-0.2, 0) is 6.42 Å². The minimum Gasteiger partial charge on any atom is -0.323 e. The van der Waals surface area contributed by atoms with Crippen molar-refractivity contribution < 1.29 is 4.39 Å². The fraction of sp³-hybridized carbons (Fsp3) is 0.250. The normalized spacial score (nSPS) is 18.4. The van der Waals surface area contributed by atoms with Crippen molar-refractivity contribution in [2.75, 3.05) is 0 Å². The molecule has 1 aliphatic carbocycles. The van der Waals surface area contributed by atoms with E-state index in [-0.39, 0.29) is 17.4 Å². The zero-order valence-electron chi connectivity index (χ0n) is 9.11. The van der Waals surface area contributed by atoms with Gasteiger partial charge in [0.15, 0.2) is 0 Å². The second-order valence-electron chi connectivity index (χ2n) is 4.27. The average molecular weight is 233 g/mol. The van der Waals surface area contributed by atoms with Gasteiger partial charge >= 0.3 is 0 Å². The van der Waals surface area contributed by atoms with E-state index in [4.69, 9.17) is 5.73 Å². The molecule has 5 heteroatoms. The van der Waals surface area contributed by atoms with Crippen LogP contribution in [0.2, 0.25) is 0 Å². The fourth-order valence-electron chi connectivity index (χ4n) is 2.25. The summed E-state index contributed by atoms with van der Waals surface area (Å²) in [5.74, 6) is -0.322. The number of fused-ring (bicyclic) bond motifs is 1. The number of H-pyrrole nitrogens is 1. The molecule has 17 heavy (non-hydrogen) atoms. The molecule has 1 aromatic heterocycles. The highest BCUT2D eigenvalue weighted by Gasteiger charge is 2.25. The van der Waals surface area contributed by atoms with Crippen molar-refractivity contribution in [3.8, 4) is 5.69 Å². The molecule has 3 N–H and O–H groups in total. The molecule has 0 spiro atoms. The van der Waals surface area contributed by atoms with E-state index < -0.39 is 0 Å². The summed E-state index contributed by atoms with van der Waals surface area (Å²) in [5.41, 5.74) is 7.98. The largest absolute Gasteiger partial charge is 0.323 e. The molecule has 0 saturated carbocycles. The van der Waals surface area contributed by atoms with Gasteiger partial charge in [0, 0.05) is 11.6 Å². The molecule has 3 rings (SSSR count). The number of benzene rings is 1. The van der Waals surface area contributed by atoms with Gasteiger partial charge in [0.2, 0.25) is 0 Å². The Morgan fingerprint density at radius 1 is 1.35 bits per heavy atom. The Bertz CT molecular complexity index is 612. The van der Waals surface area contributed by atoms with Crippen LogP contribution in [0.5, 0.6) is 0 Å². The molecule has 0 bridgehead atoms. The van der Waals surface area contributed by atoms with Crippen LogP contribution >= 0.6 is 0 Å². The molecule has 4 nitrogen and oxygen atoms in total. The van der Waals surface area contributed by atoms with Crippen LogP contribution in [0, 0.1) is 5.82 Å². The zero-order chi connectivity index (χ0) is 12.0. The second-order valence-corrected chi connectivity index (χ2v) is 4.27. The van der Waals surface area contributed by atoms with Crippen LogP contribution in [0.4, 0.5) is 4.39 Å². The van der Waals surface area contributed by atoms with Crippen LogP contribution < -0.4 is 11.3 Å². The molecule has 0 radical (unpaired) electrons. The van der Waals surface area contributed by atoms with Crippen molar-refractivity contribution in [3.05, 3.63) is 51.7 Å². The number of aromatic nitrogens is 2. The number of rotatable bonds is 1. The lowest BCUT2D eigenvalue weighted by atomic mass is 10.3. The highest BCUT2D eigenvalue weighted by molar-refractivity contribution is 5.35. The highest BCUT2D eigenvalue weighted by atomic mass is 19.1. The Hall–Kier alpha value is -1.88. The van der Waals surface area contributed by atoms with Crippen molar-refractivity contribution in [2.45, 2.75) is 18.9 Å². The van der Waals surface area contributed by atoms with Gasteiger partial charge in [0.25, 0.3) is 5.56 Å². The predicted molar refractivity (Wildman–Crippen MR) is 61.6 cm³/mol. The molecule has 1 heterocycles. The first kappa shape index (κ1) is 10.3. The van der Waals surface area contributed by atoms with Crippen molar-refractivity contribution in [1.29, 1.82) is 0 Å². The summed E-state index contributed by atoms with van der Waals surface area (Å²) in [4.78, 5) is 12.1. The van der Waals surface area contributed by atoms with E-state index in [9.17, 15) is 9.18 Å². The van der Waals surface area contributed by atoms with Gasteiger partial charge in [-0.1, -0.05) is 0 Å². The Kier molecular flexibility index (Phi) is 2.16. The standard InChI is InChI=1S/C12H12FN3O/c13-7-1-3-8(4-2-7)16-12(17)9-5-6-10(14)11(9)15-16/h1-4,10,15H,5-6,14H2. The van der Waals surface area contributed by atoms with Gasteiger partial charge in [-0.25, -0.2) is 9.07 Å². The summed E-state index contributed by atoms with van der Waals surface area (Å²) in [7, 11) is 0. The number of nitrogens with two attached hydrogens (primary N) is 1. The van der Waals surface area contributed by atoms with Crippen molar-refractivity contribution in [3.63, 3.8) is 0 Å². The van der Waals surface area contributed by atoms with E-state index in [1.165, 1.54) is 16.8 Å². The first-order valence-electron chi connectivity index (χ1n) is 5.52. The number of nitrogens with one attached hydrogen (secondary N) is 1. The maximum atomic E-state index is 12.8. The van der Waals surface area contributed by atoms with Gasteiger partial charge < -0.3 is 5.73 Å². The molecule has 0 fully saturated rings. The third kappa shape index (κ3) is 1.51. The lowest BCUT2D eigenvalue weighted by Crippen LogP contribution is -2.17. The number of aromatic amines is 1. The third-order valence-corrected chi connectivity index (χ3v) is 3.18.